The molecule has 0 aromatic carbocycles. The highest BCUT2D eigenvalue weighted by Crippen LogP contribution is 2.71. The first-order valence-electron chi connectivity index (χ1n) is 21.7. The van der Waals surface area contributed by atoms with Gasteiger partial charge in [-0.3, -0.25) is 4.79 Å². The van der Waals surface area contributed by atoms with E-state index in [1.54, 1.807) is 0 Å². The van der Waals surface area contributed by atoms with Crippen LogP contribution in [0.15, 0.2) is 11.6 Å². The van der Waals surface area contributed by atoms with Gasteiger partial charge in [0, 0.05) is 17.9 Å². The second-order valence-electron chi connectivity index (χ2n) is 20.4. The number of fused-ring (bicyclic) bond motifs is 5. The van der Waals surface area contributed by atoms with E-state index in [4.69, 9.17) is 15.2 Å². The average Bonchev–Trinajstić information content (AvgIpc) is 3.87. The molecule has 7 rings (SSSR count). The number of hydrogen-bond acceptors (Lipinski definition) is 8. The van der Waals surface area contributed by atoms with Crippen molar-refractivity contribution in [3.05, 3.63) is 11.6 Å². The fourth-order valence-electron chi connectivity index (χ4n) is 13.5. The summed E-state index contributed by atoms with van der Waals surface area (Å²) in [5.74, 6) is 1.21. The summed E-state index contributed by atoms with van der Waals surface area (Å²) in [7, 11) is 0. The van der Waals surface area contributed by atoms with Crippen LogP contribution in [0.1, 0.15) is 157 Å². The Bertz CT molecular complexity index is 1350. The molecule has 0 aromatic heterocycles. The van der Waals surface area contributed by atoms with Crippen LogP contribution in [0.4, 0.5) is 0 Å². The molecule has 3 aliphatic heterocycles. The van der Waals surface area contributed by atoms with Crippen molar-refractivity contribution in [3.63, 3.8) is 0 Å². The second kappa shape index (κ2) is 14.3. The van der Waals surface area contributed by atoms with Gasteiger partial charge in [0.25, 0.3) is 0 Å². The first-order chi connectivity index (χ1) is 24.5. The van der Waals surface area contributed by atoms with Gasteiger partial charge in [-0.05, 0) is 150 Å². The van der Waals surface area contributed by atoms with Gasteiger partial charge < -0.3 is 35.8 Å². The number of allylic oxidation sites excluding steroid dienone is 1. The van der Waals surface area contributed by atoms with Crippen molar-refractivity contribution in [2.75, 3.05) is 13.2 Å². The summed E-state index contributed by atoms with van der Waals surface area (Å²) in [5, 5.41) is 39.9. The van der Waals surface area contributed by atoms with Gasteiger partial charge in [0.2, 0.25) is 0 Å². The summed E-state index contributed by atoms with van der Waals surface area (Å²) in [4.78, 5) is 14.2. The maximum absolute atomic E-state index is 14.2. The van der Waals surface area contributed by atoms with Gasteiger partial charge in [-0.15, -0.1) is 0 Å². The highest BCUT2D eigenvalue weighted by atomic mass is 16.6. The second-order valence-corrected chi connectivity index (χ2v) is 20.4. The normalized spacial score (nSPS) is 47.5. The predicted molar refractivity (Wildman–Crippen MR) is 204 cm³/mol. The molecule has 0 bridgehead atoms. The lowest BCUT2D eigenvalue weighted by molar-refractivity contribution is -0.194. The Morgan fingerprint density at radius 1 is 1.02 bits per heavy atom. The Labute approximate surface area is 314 Å². The van der Waals surface area contributed by atoms with E-state index >= 15 is 0 Å². The Kier molecular flexibility index (Phi) is 10.8. The molecule has 8 heteroatoms. The lowest BCUT2D eigenvalue weighted by Gasteiger charge is -2.62. The van der Waals surface area contributed by atoms with Gasteiger partial charge in [0.1, 0.15) is 17.8 Å². The van der Waals surface area contributed by atoms with E-state index in [-0.39, 0.29) is 52.7 Å². The minimum atomic E-state index is -1.09. The third-order valence-electron chi connectivity index (χ3n) is 17.1. The highest BCUT2D eigenvalue weighted by Gasteiger charge is 2.75. The molecule has 3 saturated heterocycles. The van der Waals surface area contributed by atoms with Crippen molar-refractivity contribution in [2.45, 2.75) is 198 Å². The summed E-state index contributed by atoms with van der Waals surface area (Å²) >= 11 is 0. The van der Waals surface area contributed by atoms with Crippen molar-refractivity contribution in [3.8, 4) is 0 Å². The van der Waals surface area contributed by atoms with Gasteiger partial charge in [-0.1, -0.05) is 60.3 Å². The number of rotatable bonds is 12. The third kappa shape index (κ3) is 6.33. The molecule has 0 aromatic rings. The number of aliphatic hydroxyl groups excluding tert-OH is 1. The Morgan fingerprint density at radius 3 is 2.54 bits per heavy atom. The third-order valence-corrected chi connectivity index (χ3v) is 17.1. The maximum Gasteiger partial charge on any atom is 0.159 e. The molecule has 8 nitrogen and oxygen atoms in total. The molecular weight excluding hydrogens is 652 g/mol. The SMILES string of the molecule is CCCCCC[C@]12CC[C@H](O)C[C@H]1C(=O)C=C1[C@@H]2CC[C@@]2(C)[C@@H]([C@]3([C@@H]4O[C@@H]4[C@](C)(O)C(C)(C)CCC4CCNC(N)C4)C[C@@H](C)CCO3)CC[C@@]12O. The van der Waals surface area contributed by atoms with Gasteiger partial charge >= 0.3 is 0 Å². The minimum absolute atomic E-state index is 0.0428. The molecule has 0 spiro atoms. The number of carbonyl (C=O) groups is 1. The molecule has 3 saturated carbocycles. The Morgan fingerprint density at radius 2 is 1.81 bits per heavy atom. The molecule has 296 valence electrons. The lowest BCUT2D eigenvalue weighted by Crippen LogP contribution is -2.63. The van der Waals surface area contributed by atoms with Crippen LogP contribution in [0, 0.1) is 45.8 Å². The molecule has 7 aliphatic rings. The Hall–Kier alpha value is -0.870. The number of epoxide rings is 1. The summed E-state index contributed by atoms with van der Waals surface area (Å²) in [6, 6.07) is 0. The molecule has 0 amide bonds. The molecule has 52 heavy (non-hydrogen) atoms. The van der Waals surface area contributed by atoms with Crippen LogP contribution in [0.3, 0.4) is 0 Å². The number of ether oxygens (including phenoxy) is 2. The van der Waals surface area contributed by atoms with E-state index < -0.39 is 28.3 Å². The van der Waals surface area contributed by atoms with E-state index in [1.807, 2.05) is 13.0 Å². The zero-order valence-corrected chi connectivity index (χ0v) is 33.6. The number of nitrogens with two attached hydrogens (primary N) is 1. The molecule has 6 fully saturated rings. The zero-order valence-electron chi connectivity index (χ0n) is 33.6. The smallest absolute Gasteiger partial charge is 0.159 e. The van der Waals surface area contributed by atoms with Crippen LogP contribution in [0.5, 0.6) is 0 Å². The number of nitrogens with one attached hydrogen (secondary N) is 1. The average molecular weight is 727 g/mol. The van der Waals surface area contributed by atoms with Crippen molar-refractivity contribution >= 4 is 5.78 Å². The topological polar surface area (TPSA) is 138 Å². The Balaban J connectivity index is 1.16. The zero-order chi connectivity index (χ0) is 37.3. The van der Waals surface area contributed by atoms with E-state index in [1.165, 1.54) is 19.3 Å². The standard InChI is InChI=1S/C44H74N2O6/c1-7-8-9-10-17-42-20-12-30(47)25-33(42)34(48)26-32-31(42)13-19-40(5)35(14-21-44(32,40)50)43(27-28(2)16-23-51-43)38-37(52-38)41(6,49)39(3,4)18-11-29-15-22-46-36(45)24-29/h26,28-31,33,35-38,46-47,49-50H,7-25,27,45H2,1-6H3/t28-,29?,30-,31-,33-,35-,36?,37-,38+,40-,41-,42+,43-,44+/m0/s1. The molecule has 14 atom stereocenters. The number of hydrogen-bond donors (Lipinski definition) is 5. The van der Waals surface area contributed by atoms with Crippen LogP contribution >= 0.6 is 0 Å². The number of carbonyl (C=O) groups excluding carboxylic acids is 1. The first-order valence-corrected chi connectivity index (χ1v) is 21.7. The molecular formula is C44H74N2O6. The summed E-state index contributed by atoms with van der Waals surface area (Å²) in [6.07, 6.45) is 17.9. The number of piperidine rings is 1. The quantitative estimate of drug-likeness (QED) is 0.108. The largest absolute Gasteiger partial charge is 0.393 e. The van der Waals surface area contributed by atoms with Crippen LogP contribution in [-0.2, 0) is 14.3 Å². The van der Waals surface area contributed by atoms with E-state index in [9.17, 15) is 20.1 Å². The van der Waals surface area contributed by atoms with Crippen LogP contribution in [0.25, 0.3) is 0 Å². The number of unbranched alkanes of at least 4 members (excludes halogenated alkanes) is 3. The molecule has 3 heterocycles. The highest BCUT2D eigenvalue weighted by molar-refractivity contribution is 5.95. The van der Waals surface area contributed by atoms with Gasteiger partial charge in [0.05, 0.1) is 23.5 Å². The first kappa shape index (κ1) is 39.4. The predicted octanol–water partition coefficient (Wildman–Crippen LogP) is 6.97. The fraction of sp³-hybridized carbons (Fsp3) is 0.932. The summed E-state index contributed by atoms with van der Waals surface area (Å²) in [6.45, 7) is 14.9. The van der Waals surface area contributed by atoms with Crippen LogP contribution in [0.2, 0.25) is 0 Å². The van der Waals surface area contributed by atoms with Crippen molar-refractivity contribution in [2.24, 2.45) is 51.6 Å². The van der Waals surface area contributed by atoms with Gasteiger partial charge in [0.15, 0.2) is 5.78 Å². The monoisotopic (exact) mass is 727 g/mol. The summed E-state index contributed by atoms with van der Waals surface area (Å²) in [5.41, 5.74) is 3.45. The molecule has 0 radical (unpaired) electrons. The number of ketones is 1. The molecule has 6 N–H and O–H groups in total. The van der Waals surface area contributed by atoms with E-state index in [0.29, 0.717) is 31.3 Å². The number of aliphatic hydroxyl groups is 3. The maximum atomic E-state index is 14.2. The van der Waals surface area contributed by atoms with Crippen molar-refractivity contribution in [1.29, 1.82) is 0 Å². The molecule has 2 unspecified atom stereocenters. The van der Waals surface area contributed by atoms with Gasteiger partial charge in [-0.25, -0.2) is 0 Å². The van der Waals surface area contributed by atoms with E-state index in [2.05, 4.69) is 39.9 Å². The lowest BCUT2D eigenvalue weighted by atomic mass is 9.44. The van der Waals surface area contributed by atoms with Gasteiger partial charge in [-0.2, -0.15) is 0 Å². The van der Waals surface area contributed by atoms with Crippen LogP contribution < -0.4 is 11.1 Å². The minimum Gasteiger partial charge on any atom is -0.393 e. The summed E-state index contributed by atoms with van der Waals surface area (Å²) < 4.78 is 13.8. The van der Waals surface area contributed by atoms with Crippen LogP contribution in [-0.4, -0.2) is 75.5 Å². The van der Waals surface area contributed by atoms with E-state index in [0.717, 1.165) is 95.6 Å². The fourth-order valence-corrected chi connectivity index (χ4v) is 13.5. The molecule has 4 aliphatic carbocycles. The van der Waals surface area contributed by atoms with Crippen molar-refractivity contribution in [1.82, 2.24) is 5.32 Å². The van der Waals surface area contributed by atoms with Crippen molar-refractivity contribution < 1.29 is 29.6 Å².